The SMILES string of the molecule is [CH2]CCOCP. The van der Waals surface area contributed by atoms with E-state index in [4.69, 9.17) is 4.74 Å². The summed E-state index contributed by atoms with van der Waals surface area (Å²) in [5, 5.41) is 0. The van der Waals surface area contributed by atoms with Gasteiger partial charge in [0.2, 0.25) is 0 Å². The van der Waals surface area contributed by atoms with Gasteiger partial charge in [-0.1, -0.05) is 6.92 Å². The summed E-state index contributed by atoms with van der Waals surface area (Å²) < 4.78 is 4.88. The van der Waals surface area contributed by atoms with E-state index in [2.05, 4.69) is 16.2 Å². The van der Waals surface area contributed by atoms with E-state index in [1.54, 1.807) is 0 Å². The summed E-state index contributed by atoms with van der Waals surface area (Å²) in [5.41, 5.74) is 0. The van der Waals surface area contributed by atoms with Gasteiger partial charge in [0.25, 0.3) is 0 Å². The maximum absolute atomic E-state index is 4.88. The van der Waals surface area contributed by atoms with E-state index in [1.165, 1.54) is 0 Å². The summed E-state index contributed by atoms with van der Waals surface area (Å²) in [6.07, 6.45) is 1.60. The summed E-state index contributed by atoms with van der Waals surface area (Å²) in [6, 6.07) is 0. The maximum atomic E-state index is 4.88. The predicted molar refractivity (Wildman–Crippen MR) is 30.5 cm³/mol. The predicted octanol–water partition coefficient (Wildman–Crippen LogP) is 1.06. The van der Waals surface area contributed by atoms with Crippen molar-refractivity contribution in [2.75, 3.05) is 13.0 Å². The van der Waals surface area contributed by atoms with Crippen molar-refractivity contribution in [3.63, 3.8) is 0 Å². The van der Waals surface area contributed by atoms with Crippen LogP contribution in [0.5, 0.6) is 0 Å². The van der Waals surface area contributed by atoms with Crippen LogP contribution in [0.25, 0.3) is 0 Å². The van der Waals surface area contributed by atoms with Gasteiger partial charge in [0.05, 0.1) is 6.35 Å². The molecule has 0 heterocycles. The second-order valence-corrected chi connectivity index (χ2v) is 1.26. The highest BCUT2D eigenvalue weighted by molar-refractivity contribution is 7.16. The lowest BCUT2D eigenvalue weighted by molar-refractivity contribution is 0.187. The molecule has 0 saturated carbocycles. The van der Waals surface area contributed by atoms with Crippen LogP contribution in [-0.4, -0.2) is 13.0 Å². The normalized spacial score (nSPS) is 9.00. The molecule has 0 aromatic carbocycles. The highest BCUT2D eigenvalue weighted by atomic mass is 31.0. The molecular weight excluding hydrogens is 95.0 g/mol. The van der Waals surface area contributed by atoms with Gasteiger partial charge in [-0.15, -0.1) is 9.24 Å². The Kier molecular flexibility index (Phi) is 5.74. The average molecular weight is 105 g/mol. The first kappa shape index (κ1) is 6.39. The monoisotopic (exact) mass is 105 g/mol. The van der Waals surface area contributed by atoms with Crippen LogP contribution in [0, 0.1) is 6.92 Å². The third-order valence-corrected chi connectivity index (χ3v) is 0.642. The molecule has 0 aliphatic heterocycles. The van der Waals surface area contributed by atoms with Crippen LogP contribution in [0.3, 0.4) is 0 Å². The molecule has 0 saturated heterocycles. The molecule has 2 heteroatoms. The van der Waals surface area contributed by atoms with E-state index in [-0.39, 0.29) is 0 Å². The summed E-state index contributed by atoms with van der Waals surface area (Å²) >= 11 is 0. The number of hydrogen-bond acceptors (Lipinski definition) is 1. The Morgan fingerprint density at radius 2 is 2.33 bits per heavy atom. The van der Waals surface area contributed by atoms with Crippen LogP contribution >= 0.6 is 9.24 Å². The fraction of sp³-hybridized carbons (Fsp3) is 0.750. The van der Waals surface area contributed by atoms with Gasteiger partial charge in [0.1, 0.15) is 0 Å². The standard InChI is InChI=1S/C4H10OP/c1-2-3-5-4-6/h1-4,6H2. The first-order chi connectivity index (χ1) is 2.91. The van der Waals surface area contributed by atoms with Gasteiger partial charge in [-0.05, 0) is 6.42 Å². The summed E-state index contributed by atoms with van der Waals surface area (Å²) in [5.74, 6) is 0. The molecule has 6 heavy (non-hydrogen) atoms. The molecule has 0 bridgehead atoms. The Balaban J connectivity index is 2.34. The number of hydrogen-bond donors (Lipinski definition) is 0. The Morgan fingerprint density at radius 1 is 1.67 bits per heavy atom. The van der Waals surface area contributed by atoms with E-state index >= 15 is 0 Å². The molecular formula is C4H10OP. The van der Waals surface area contributed by atoms with Crippen molar-refractivity contribution in [1.29, 1.82) is 0 Å². The third kappa shape index (κ3) is 4.39. The number of ether oxygens (including phenoxy) is 1. The molecule has 0 aliphatic rings. The van der Waals surface area contributed by atoms with Gasteiger partial charge in [-0.2, -0.15) is 0 Å². The van der Waals surface area contributed by atoms with Crippen molar-refractivity contribution < 1.29 is 4.74 Å². The molecule has 0 aliphatic carbocycles. The molecule has 1 nitrogen and oxygen atoms in total. The third-order valence-electron chi connectivity index (χ3n) is 0.407. The minimum Gasteiger partial charge on any atom is -0.378 e. The molecule has 0 fully saturated rings. The lowest BCUT2D eigenvalue weighted by Crippen LogP contribution is -1.86. The lowest BCUT2D eigenvalue weighted by atomic mass is 10.5. The molecule has 0 N–H and O–H groups in total. The van der Waals surface area contributed by atoms with Crippen LogP contribution in [0.4, 0.5) is 0 Å². The van der Waals surface area contributed by atoms with E-state index in [1.807, 2.05) is 0 Å². The van der Waals surface area contributed by atoms with Crippen LogP contribution in [0.1, 0.15) is 6.42 Å². The van der Waals surface area contributed by atoms with Crippen molar-refractivity contribution in [1.82, 2.24) is 0 Å². The topological polar surface area (TPSA) is 9.23 Å². The van der Waals surface area contributed by atoms with Crippen molar-refractivity contribution >= 4 is 9.24 Å². The van der Waals surface area contributed by atoms with Gasteiger partial charge >= 0.3 is 0 Å². The molecule has 37 valence electrons. The Labute approximate surface area is 41.3 Å². The zero-order chi connectivity index (χ0) is 4.83. The fourth-order valence-corrected chi connectivity index (χ4v) is 0.352. The van der Waals surface area contributed by atoms with Crippen LogP contribution in [0.15, 0.2) is 0 Å². The average Bonchev–Trinajstić information content (AvgIpc) is 1.61. The Bertz CT molecular complexity index is 19.5. The highest BCUT2D eigenvalue weighted by Gasteiger charge is 1.72. The quantitative estimate of drug-likeness (QED) is 0.385. The molecule has 1 radical (unpaired) electrons. The molecule has 1 atom stereocenters. The minimum atomic E-state index is 0.732. The summed E-state index contributed by atoms with van der Waals surface area (Å²) in [6.45, 7) is 4.37. The maximum Gasteiger partial charge on any atom is 0.0602 e. The molecule has 0 aromatic rings. The summed E-state index contributed by atoms with van der Waals surface area (Å²) in [4.78, 5) is 0. The summed E-state index contributed by atoms with van der Waals surface area (Å²) in [7, 11) is 2.48. The fourth-order valence-electron chi connectivity index (χ4n) is 0.185. The van der Waals surface area contributed by atoms with E-state index in [9.17, 15) is 0 Å². The van der Waals surface area contributed by atoms with Crippen molar-refractivity contribution in [3.8, 4) is 0 Å². The Hall–Kier alpha value is 0.390. The first-order valence-corrected chi connectivity index (χ1v) is 2.80. The molecule has 0 rings (SSSR count). The highest BCUT2D eigenvalue weighted by Crippen LogP contribution is 1.83. The zero-order valence-corrected chi connectivity index (χ0v) is 4.97. The van der Waals surface area contributed by atoms with Crippen LogP contribution in [-0.2, 0) is 4.74 Å². The molecule has 0 aromatic heterocycles. The van der Waals surface area contributed by atoms with Crippen molar-refractivity contribution in [3.05, 3.63) is 6.92 Å². The van der Waals surface area contributed by atoms with Gasteiger partial charge in [0.15, 0.2) is 0 Å². The van der Waals surface area contributed by atoms with Crippen LogP contribution in [0.2, 0.25) is 0 Å². The van der Waals surface area contributed by atoms with Crippen molar-refractivity contribution in [2.45, 2.75) is 6.42 Å². The van der Waals surface area contributed by atoms with Gasteiger partial charge in [0, 0.05) is 6.61 Å². The van der Waals surface area contributed by atoms with E-state index < -0.39 is 0 Å². The number of rotatable bonds is 3. The largest absolute Gasteiger partial charge is 0.378 e. The van der Waals surface area contributed by atoms with Crippen molar-refractivity contribution in [2.24, 2.45) is 0 Å². The second-order valence-electron chi connectivity index (χ2n) is 0.928. The smallest absolute Gasteiger partial charge is 0.0602 e. The van der Waals surface area contributed by atoms with E-state index in [0.29, 0.717) is 0 Å². The minimum absolute atomic E-state index is 0.732. The molecule has 1 unspecified atom stereocenters. The van der Waals surface area contributed by atoms with Gasteiger partial charge < -0.3 is 4.74 Å². The Morgan fingerprint density at radius 3 is 2.50 bits per heavy atom. The van der Waals surface area contributed by atoms with Gasteiger partial charge in [-0.3, -0.25) is 0 Å². The van der Waals surface area contributed by atoms with Crippen LogP contribution < -0.4 is 0 Å². The van der Waals surface area contributed by atoms with E-state index in [0.717, 1.165) is 19.4 Å². The molecule has 0 spiro atoms. The zero-order valence-electron chi connectivity index (χ0n) is 3.81. The first-order valence-electron chi connectivity index (χ1n) is 1.99. The lowest BCUT2D eigenvalue weighted by Gasteiger charge is -1.91. The second kappa shape index (κ2) is 5.39. The molecule has 0 amide bonds. The van der Waals surface area contributed by atoms with Gasteiger partial charge in [-0.25, -0.2) is 0 Å².